The fourth-order valence-electron chi connectivity index (χ4n) is 4.95. The van der Waals surface area contributed by atoms with Crippen LogP contribution in [0, 0.1) is 6.92 Å². The number of sulfonamides is 1. The predicted molar refractivity (Wildman–Crippen MR) is 140 cm³/mol. The molecule has 5 rings (SSSR count). The highest BCUT2D eigenvalue weighted by Gasteiger charge is 2.36. The molecule has 8 heteroatoms. The van der Waals surface area contributed by atoms with Gasteiger partial charge in [0.1, 0.15) is 0 Å². The van der Waals surface area contributed by atoms with E-state index in [9.17, 15) is 13.2 Å². The highest BCUT2D eigenvalue weighted by molar-refractivity contribution is 7.92. The van der Waals surface area contributed by atoms with Crippen LogP contribution in [0.15, 0.2) is 71.6 Å². The Kier molecular flexibility index (Phi) is 6.23. The molecule has 1 saturated heterocycles. The lowest BCUT2D eigenvalue weighted by Gasteiger charge is -2.36. The molecule has 2 aliphatic rings. The molecule has 182 valence electrons. The third-order valence-electron chi connectivity index (χ3n) is 6.80. The summed E-state index contributed by atoms with van der Waals surface area (Å²) >= 11 is 6.13. The highest BCUT2D eigenvalue weighted by atomic mass is 35.5. The fraction of sp³-hybridized carbons (Fsp3) is 0.296. The second kappa shape index (κ2) is 9.21. The summed E-state index contributed by atoms with van der Waals surface area (Å²) < 4.78 is 28.3. The summed E-state index contributed by atoms with van der Waals surface area (Å²) in [5, 5.41) is 0.701. The summed E-state index contributed by atoms with van der Waals surface area (Å²) in [6.07, 6.45) is 0.574. The molecule has 1 amide bonds. The Balaban J connectivity index is 1.32. The molecule has 0 spiro atoms. The van der Waals surface area contributed by atoms with Crippen LogP contribution in [-0.2, 0) is 16.4 Å². The molecule has 0 aliphatic carbocycles. The Morgan fingerprint density at radius 1 is 0.943 bits per heavy atom. The summed E-state index contributed by atoms with van der Waals surface area (Å²) in [5.74, 6) is -0.0222. The number of piperazine rings is 1. The molecule has 2 heterocycles. The van der Waals surface area contributed by atoms with Gasteiger partial charge >= 0.3 is 0 Å². The first kappa shape index (κ1) is 23.7. The SMILES string of the molecule is Cc1ccc(S(=O)(=O)N2c3ccc(C(=O)N4CCN(c5cccc(Cl)c5)CC4)cc3C[C@H]2C)cc1. The van der Waals surface area contributed by atoms with Gasteiger partial charge in [-0.15, -0.1) is 0 Å². The van der Waals surface area contributed by atoms with Gasteiger partial charge in [0.05, 0.1) is 10.6 Å². The number of halogens is 1. The van der Waals surface area contributed by atoms with Gasteiger partial charge in [0.15, 0.2) is 0 Å². The molecule has 0 saturated carbocycles. The highest BCUT2D eigenvalue weighted by Crippen LogP contribution is 2.37. The normalized spacial score (nSPS) is 18.0. The van der Waals surface area contributed by atoms with Crippen LogP contribution in [0.25, 0.3) is 0 Å². The zero-order valence-corrected chi connectivity index (χ0v) is 21.4. The van der Waals surface area contributed by atoms with Crippen LogP contribution in [0.2, 0.25) is 5.02 Å². The van der Waals surface area contributed by atoms with E-state index in [4.69, 9.17) is 11.6 Å². The van der Waals surface area contributed by atoms with Crippen LogP contribution in [0.4, 0.5) is 11.4 Å². The number of hydrogen-bond acceptors (Lipinski definition) is 4. The van der Waals surface area contributed by atoms with Crippen LogP contribution in [0.1, 0.15) is 28.4 Å². The van der Waals surface area contributed by atoms with Gasteiger partial charge in [-0.2, -0.15) is 0 Å². The standard InChI is InChI=1S/C27H28ClN3O3S/c1-19-6-9-25(10-7-19)35(33,34)31-20(2)16-22-17-21(8-11-26(22)31)27(32)30-14-12-29(13-15-30)24-5-3-4-23(28)18-24/h3-11,17-18,20H,12-16H2,1-2H3/t20-/m1/s1. The smallest absolute Gasteiger partial charge is 0.264 e. The number of carbonyl (C=O) groups is 1. The van der Waals surface area contributed by atoms with E-state index in [1.807, 2.05) is 61.2 Å². The number of aryl methyl sites for hydroxylation is 1. The average Bonchev–Trinajstić information content (AvgIpc) is 3.19. The quantitative estimate of drug-likeness (QED) is 0.509. The molecule has 2 aliphatic heterocycles. The topological polar surface area (TPSA) is 60.9 Å². The molecule has 0 bridgehead atoms. The van der Waals surface area contributed by atoms with Crippen LogP contribution < -0.4 is 9.21 Å². The van der Waals surface area contributed by atoms with E-state index in [-0.39, 0.29) is 16.8 Å². The van der Waals surface area contributed by atoms with E-state index in [0.29, 0.717) is 35.8 Å². The van der Waals surface area contributed by atoms with Crippen molar-refractivity contribution in [1.82, 2.24) is 4.90 Å². The second-order valence-electron chi connectivity index (χ2n) is 9.27. The minimum atomic E-state index is -3.68. The Bertz CT molecular complexity index is 1370. The van der Waals surface area contributed by atoms with E-state index in [0.717, 1.165) is 29.9 Å². The van der Waals surface area contributed by atoms with E-state index < -0.39 is 10.0 Å². The third kappa shape index (κ3) is 4.50. The minimum Gasteiger partial charge on any atom is -0.368 e. The van der Waals surface area contributed by atoms with E-state index in [1.54, 1.807) is 24.3 Å². The molecule has 35 heavy (non-hydrogen) atoms. The van der Waals surface area contributed by atoms with Crippen LogP contribution >= 0.6 is 11.6 Å². The van der Waals surface area contributed by atoms with Gasteiger partial charge in [-0.1, -0.05) is 35.4 Å². The number of benzene rings is 3. The van der Waals surface area contributed by atoms with Crippen molar-refractivity contribution in [3.63, 3.8) is 0 Å². The lowest BCUT2D eigenvalue weighted by atomic mass is 10.1. The van der Waals surface area contributed by atoms with Crippen molar-refractivity contribution < 1.29 is 13.2 Å². The van der Waals surface area contributed by atoms with Gasteiger partial charge in [-0.25, -0.2) is 8.42 Å². The molecule has 0 N–H and O–H groups in total. The average molecular weight is 510 g/mol. The van der Waals surface area contributed by atoms with Gasteiger partial charge in [-0.05, 0) is 74.4 Å². The van der Waals surface area contributed by atoms with Gasteiger partial charge in [-0.3, -0.25) is 9.10 Å². The molecular weight excluding hydrogens is 482 g/mol. The maximum absolute atomic E-state index is 13.4. The van der Waals surface area contributed by atoms with Gasteiger partial charge in [0, 0.05) is 48.5 Å². The lowest BCUT2D eigenvalue weighted by molar-refractivity contribution is 0.0746. The van der Waals surface area contributed by atoms with Crippen molar-refractivity contribution in [1.29, 1.82) is 0 Å². The monoisotopic (exact) mass is 509 g/mol. The number of nitrogens with zero attached hydrogens (tertiary/aromatic N) is 3. The van der Waals surface area contributed by atoms with Gasteiger partial charge in [0.25, 0.3) is 15.9 Å². The molecule has 0 aromatic heterocycles. The van der Waals surface area contributed by atoms with Crippen molar-refractivity contribution in [3.05, 3.63) is 88.4 Å². The molecule has 1 fully saturated rings. The zero-order valence-electron chi connectivity index (χ0n) is 19.8. The van der Waals surface area contributed by atoms with E-state index in [2.05, 4.69) is 4.90 Å². The van der Waals surface area contributed by atoms with Gasteiger partial charge < -0.3 is 9.80 Å². The molecular formula is C27H28ClN3O3S. The van der Waals surface area contributed by atoms with E-state index >= 15 is 0 Å². The lowest BCUT2D eigenvalue weighted by Crippen LogP contribution is -2.48. The largest absolute Gasteiger partial charge is 0.368 e. The van der Waals surface area contributed by atoms with Crippen molar-refractivity contribution in [2.24, 2.45) is 0 Å². The molecule has 0 unspecified atom stereocenters. The molecule has 3 aromatic rings. The van der Waals surface area contributed by atoms with Crippen molar-refractivity contribution >= 4 is 38.9 Å². The predicted octanol–water partition coefficient (Wildman–Crippen LogP) is 4.75. The first-order valence-electron chi connectivity index (χ1n) is 11.8. The Hall–Kier alpha value is -3.03. The van der Waals surface area contributed by atoms with Crippen LogP contribution in [0.5, 0.6) is 0 Å². The Morgan fingerprint density at radius 2 is 1.66 bits per heavy atom. The maximum atomic E-state index is 13.4. The maximum Gasteiger partial charge on any atom is 0.264 e. The molecule has 0 radical (unpaired) electrons. The minimum absolute atomic E-state index is 0.0222. The second-order valence-corrected chi connectivity index (χ2v) is 11.5. The number of rotatable bonds is 4. The third-order valence-corrected chi connectivity index (χ3v) is 8.98. The molecule has 3 aromatic carbocycles. The van der Waals surface area contributed by atoms with Crippen molar-refractivity contribution in [2.45, 2.75) is 31.2 Å². The number of anilines is 2. The van der Waals surface area contributed by atoms with Crippen molar-refractivity contribution in [2.75, 3.05) is 35.4 Å². The molecule has 1 atom stereocenters. The summed E-state index contributed by atoms with van der Waals surface area (Å²) in [7, 11) is -3.68. The fourth-order valence-corrected chi connectivity index (χ4v) is 6.83. The number of fused-ring (bicyclic) bond motifs is 1. The Morgan fingerprint density at radius 3 is 2.34 bits per heavy atom. The zero-order chi connectivity index (χ0) is 24.7. The van der Waals surface area contributed by atoms with Crippen molar-refractivity contribution in [3.8, 4) is 0 Å². The summed E-state index contributed by atoms with van der Waals surface area (Å²) in [5.41, 5.74) is 4.21. The number of hydrogen-bond donors (Lipinski definition) is 0. The first-order valence-corrected chi connectivity index (χ1v) is 13.6. The number of carbonyl (C=O) groups excluding carboxylic acids is 1. The summed E-state index contributed by atoms with van der Waals surface area (Å²) in [6.45, 7) is 6.54. The van der Waals surface area contributed by atoms with E-state index in [1.165, 1.54) is 4.31 Å². The number of amides is 1. The Labute approximate surface area is 211 Å². The first-order chi connectivity index (χ1) is 16.7. The van der Waals surface area contributed by atoms with Gasteiger partial charge in [0.2, 0.25) is 0 Å². The summed E-state index contributed by atoms with van der Waals surface area (Å²) in [4.78, 5) is 17.6. The van der Waals surface area contributed by atoms with Crippen LogP contribution in [0.3, 0.4) is 0 Å². The van der Waals surface area contributed by atoms with Crippen LogP contribution in [-0.4, -0.2) is 51.4 Å². The molecule has 6 nitrogen and oxygen atoms in total. The summed E-state index contributed by atoms with van der Waals surface area (Å²) in [6, 6.07) is 19.8.